The lowest BCUT2D eigenvalue weighted by molar-refractivity contribution is 0.0850. The number of ketones is 1. The first-order chi connectivity index (χ1) is 9.24. The summed E-state index contributed by atoms with van der Waals surface area (Å²) in [6.45, 7) is 0. The number of pyridine rings is 2. The molecule has 3 rings (SSSR count). The molecule has 0 unspecified atom stereocenters. The zero-order valence-corrected chi connectivity index (χ0v) is 10.5. The molecule has 0 aromatic carbocycles. The average Bonchev–Trinajstić information content (AvgIpc) is 2.38. The summed E-state index contributed by atoms with van der Waals surface area (Å²) in [6.07, 6.45) is 6.60. The Labute approximate surface area is 111 Å². The summed E-state index contributed by atoms with van der Waals surface area (Å²) in [5, 5.41) is 0. The molecule has 1 aliphatic carbocycles. The van der Waals surface area contributed by atoms with Gasteiger partial charge in [-0.15, -0.1) is 0 Å². The summed E-state index contributed by atoms with van der Waals surface area (Å²) in [5.74, 6) is 0.860. The van der Waals surface area contributed by atoms with E-state index in [0.717, 1.165) is 30.4 Å². The van der Waals surface area contributed by atoms with Crippen molar-refractivity contribution in [2.45, 2.75) is 19.3 Å². The zero-order chi connectivity index (χ0) is 13.2. The smallest absolute Gasteiger partial charge is 0.184 e. The lowest BCUT2D eigenvalue weighted by atomic mass is 9.81. The molecule has 0 aliphatic heterocycles. The van der Waals surface area contributed by atoms with E-state index in [1.807, 2.05) is 12.1 Å². The van der Waals surface area contributed by atoms with Crippen molar-refractivity contribution in [2.24, 2.45) is 5.92 Å². The van der Waals surface area contributed by atoms with Crippen LogP contribution >= 0.6 is 0 Å². The fourth-order valence-electron chi connectivity index (χ4n) is 2.17. The van der Waals surface area contributed by atoms with Crippen molar-refractivity contribution < 1.29 is 4.79 Å². The van der Waals surface area contributed by atoms with Crippen molar-refractivity contribution in [1.29, 1.82) is 0 Å². The molecule has 2 aromatic rings. The molecule has 0 bridgehead atoms. The summed E-state index contributed by atoms with van der Waals surface area (Å²) in [4.78, 5) is 20.3. The fraction of sp³-hybridized carbons (Fsp3) is 0.267. The molecule has 96 valence electrons. The number of nitrogen functional groups attached to an aromatic ring is 1. The van der Waals surface area contributed by atoms with Gasteiger partial charge < -0.3 is 5.73 Å². The van der Waals surface area contributed by atoms with Crippen LogP contribution < -0.4 is 5.73 Å². The number of anilines is 1. The summed E-state index contributed by atoms with van der Waals surface area (Å²) in [5.41, 5.74) is 8.01. The molecule has 1 saturated carbocycles. The van der Waals surface area contributed by atoms with E-state index in [1.165, 1.54) is 0 Å². The Morgan fingerprint density at radius 1 is 1.05 bits per heavy atom. The van der Waals surface area contributed by atoms with Gasteiger partial charge in [-0.05, 0) is 31.0 Å². The molecule has 0 saturated heterocycles. The molecule has 0 atom stereocenters. The molecule has 0 spiro atoms. The van der Waals surface area contributed by atoms with Crippen LogP contribution in [0.1, 0.15) is 29.8 Å². The minimum Gasteiger partial charge on any atom is -0.384 e. The van der Waals surface area contributed by atoms with Gasteiger partial charge in [-0.1, -0.05) is 12.5 Å². The molecule has 4 heteroatoms. The molecule has 1 aliphatic rings. The first kappa shape index (κ1) is 11.8. The van der Waals surface area contributed by atoms with Crippen LogP contribution in [0.25, 0.3) is 11.1 Å². The van der Waals surface area contributed by atoms with E-state index in [0.29, 0.717) is 11.5 Å². The fourth-order valence-corrected chi connectivity index (χ4v) is 2.17. The number of hydrogen-bond donors (Lipinski definition) is 1. The van der Waals surface area contributed by atoms with Crippen LogP contribution in [0, 0.1) is 5.92 Å². The van der Waals surface area contributed by atoms with Crippen LogP contribution in [-0.4, -0.2) is 15.8 Å². The van der Waals surface area contributed by atoms with Gasteiger partial charge in [-0.2, -0.15) is 0 Å². The highest BCUT2D eigenvalue weighted by molar-refractivity contribution is 5.96. The lowest BCUT2D eigenvalue weighted by Gasteiger charge is -2.23. The largest absolute Gasteiger partial charge is 0.384 e. The van der Waals surface area contributed by atoms with Crippen LogP contribution in [0.2, 0.25) is 0 Å². The van der Waals surface area contributed by atoms with E-state index in [2.05, 4.69) is 9.97 Å². The maximum atomic E-state index is 12.0. The lowest BCUT2D eigenvalue weighted by Crippen LogP contribution is -2.22. The molecule has 2 heterocycles. The van der Waals surface area contributed by atoms with Gasteiger partial charge >= 0.3 is 0 Å². The second-order valence-electron chi connectivity index (χ2n) is 4.90. The zero-order valence-electron chi connectivity index (χ0n) is 10.5. The van der Waals surface area contributed by atoms with Gasteiger partial charge in [0.15, 0.2) is 5.78 Å². The minimum absolute atomic E-state index is 0.174. The number of carbonyl (C=O) groups is 1. The van der Waals surface area contributed by atoms with Crippen LogP contribution in [0.5, 0.6) is 0 Å². The third-order valence-corrected chi connectivity index (χ3v) is 3.61. The summed E-state index contributed by atoms with van der Waals surface area (Å²) in [6, 6.07) is 7.36. The standard InChI is InChI=1S/C15H15N3O/c16-14-7-5-12(9-18-14)11-4-6-13(17-8-11)15(19)10-2-1-3-10/h4-10H,1-3H2,(H2,16,18). The predicted molar refractivity (Wildman–Crippen MR) is 73.6 cm³/mol. The maximum absolute atomic E-state index is 12.0. The Kier molecular flexibility index (Phi) is 2.99. The van der Waals surface area contributed by atoms with E-state index in [4.69, 9.17) is 5.73 Å². The third-order valence-electron chi connectivity index (χ3n) is 3.61. The monoisotopic (exact) mass is 253 g/mol. The van der Waals surface area contributed by atoms with Gasteiger partial charge in [0, 0.05) is 29.4 Å². The van der Waals surface area contributed by atoms with Crippen LogP contribution in [0.15, 0.2) is 36.7 Å². The van der Waals surface area contributed by atoms with E-state index >= 15 is 0 Å². The van der Waals surface area contributed by atoms with Gasteiger partial charge in [0.2, 0.25) is 0 Å². The average molecular weight is 253 g/mol. The molecule has 19 heavy (non-hydrogen) atoms. The van der Waals surface area contributed by atoms with Crippen molar-refractivity contribution in [1.82, 2.24) is 9.97 Å². The van der Waals surface area contributed by atoms with Crippen molar-refractivity contribution in [2.75, 3.05) is 5.73 Å². The van der Waals surface area contributed by atoms with Crippen LogP contribution in [-0.2, 0) is 0 Å². The molecule has 2 aromatic heterocycles. The number of rotatable bonds is 3. The maximum Gasteiger partial charge on any atom is 0.184 e. The van der Waals surface area contributed by atoms with E-state index in [9.17, 15) is 4.79 Å². The van der Waals surface area contributed by atoms with Crippen molar-refractivity contribution in [3.8, 4) is 11.1 Å². The number of Topliss-reactive ketones (excluding diaryl/α,β-unsaturated/α-hetero) is 1. The first-order valence-electron chi connectivity index (χ1n) is 6.46. The van der Waals surface area contributed by atoms with Crippen LogP contribution in [0.4, 0.5) is 5.82 Å². The van der Waals surface area contributed by atoms with Gasteiger partial charge in [-0.25, -0.2) is 4.98 Å². The van der Waals surface area contributed by atoms with Gasteiger partial charge in [-0.3, -0.25) is 9.78 Å². The topological polar surface area (TPSA) is 68.9 Å². The second-order valence-corrected chi connectivity index (χ2v) is 4.90. The van der Waals surface area contributed by atoms with Gasteiger partial charge in [0.1, 0.15) is 11.5 Å². The molecule has 0 amide bonds. The number of aromatic nitrogens is 2. The SMILES string of the molecule is Nc1ccc(-c2ccc(C(=O)C3CCC3)nc2)cn1. The molecule has 0 radical (unpaired) electrons. The van der Waals surface area contributed by atoms with E-state index < -0.39 is 0 Å². The van der Waals surface area contributed by atoms with E-state index in [1.54, 1.807) is 24.5 Å². The van der Waals surface area contributed by atoms with Crippen molar-refractivity contribution in [3.63, 3.8) is 0 Å². The highest BCUT2D eigenvalue weighted by Crippen LogP contribution is 2.29. The normalized spacial score (nSPS) is 14.9. The quantitative estimate of drug-likeness (QED) is 0.854. The molecular formula is C15H15N3O. The number of nitrogens with zero attached hydrogens (tertiary/aromatic N) is 2. The van der Waals surface area contributed by atoms with Crippen LogP contribution in [0.3, 0.4) is 0 Å². The molecule has 2 N–H and O–H groups in total. The first-order valence-corrected chi connectivity index (χ1v) is 6.46. The minimum atomic E-state index is 0.174. The molecule has 4 nitrogen and oxygen atoms in total. The number of carbonyl (C=O) groups excluding carboxylic acids is 1. The summed E-state index contributed by atoms with van der Waals surface area (Å²) >= 11 is 0. The van der Waals surface area contributed by atoms with Crippen molar-refractivity contribution in [3.05, 3.63) is 42.4 Å². The Morgan fingerprint density at radius 2 is 1.74 bits per heavy atom. The van der Waals surface area contributed by atoms with E-state index in [-0.39, 0.29) is 11.7 Å². The van der Waals surface area contributed by atoms with Crippen molar-refractivity contribution >= 4 is 11.6 Å². The number of nitrogens with two attached hydrogens (primary N) is 1. The number of hydrogen-bond acceptors (Lipinski definition) is 4. The van der Waals surface area contributed by atoms with Gasteiger partial charge in [0.05, 0.1) is 0 Å². The highest BCUT2D eigenvalue weighted by atomic mass is 16.1. The Bertz CT molecular complexity index is 586. The predicted octanol–water partition coefficient (Wildman–Crippen LogP) is 2.71. The highest BCUT2D eigenvalue weighted by Gasteiger charge is 2.26. The summed E-state index contributed by atoms with van der Waals surface area (Å²) < 4.78 is 0. The molecule has 1 fully saturated rings. The Balaban J connectivity index is 1.82. The summed E-state index contributed by atoms with van der Waals surface area (Å²) in [7, 11) is 0. The third kappa shape index (κ3) is 2.34. The Hall–Kier alpha value is -2.23. The molecular weight excluding hydrogens is 238 g/mol. The van der Waals surface area contributed by atoms with Gasteiger partial charge in [0.25, 0.3) is 0 Å². The second kappa shape index (κ2) is 4.80. The Morgan fingerprint density at radius 3 is 2.21 bits per heavy atom.